The molecule has 11 nitrogen and oxygen atoms in total. The van der Waals surface area contributed by atoms with Crippen molar-refractivity contribution in [3.8, 4) is 0 Å². The van der Waals surface area contributed by atoms with Gasteiger partial charge in [0.2, 0.25) is 17.7 Å². The third kappa shape index (κ3) is 5.99. The molecule has 0 bridgehead atoms. The number of nitrogens with two attached hydrogens (primary N) is 1. The molecule has 3 unspecified atom stereocenters. The van der Waals surface area contributed by atoms with E-state index < -0.39 is 54.2 Å². The molecular formula is C15H24N4O7. The second-order valence-corrected chi connectivity index (χ2v) is 6.01. The van der Waals surface area contributed by atoms with Gasteiger partial charge in [0, 0.05) is 13.0 Å². The van der Waals surface area contributed by atoms with Crippen LogP contribution in [0, 0.1) is 0 Å². The summed E-state index contributed by atoms with van der Waals surface area (Å²) in [5.74, 6) is -4.16. The minimum atomic E-state index is -1.36. The molecule has 1 aliphatic heterocycles. The van der Waals surface area contributed by atoms with E-state index in [2.05, 4.69) is 10.6 Å². The van der Waals surface area contributed by atoms with Crippen molar-refractivity contribution in [3.05, 3.63) is 0 Å². The Morgan fingerprint density at radius 1 is 1.19 bits per heavy atom. The first-order chi connectivity index (χ1) is 12.2. The lowest BCUT2D eigenvalue weighted by molar-refractivity contribution is -0.145. The molecule has 1 saturated heterocycles. The third-order valence-electron chi connectivity index (χ3n) is 4.03. The highest BCUT2D eigenvalue weighted by molar-refractivity contribution is 5.93. The maximum atomic E-state index is 12.4. The molecule has 0 radical (unpaired) electrons. The first-order valence-corrected chi connectivity index (χ1v) is 8.22. The summed E-state index contributed by atoms with van der Waals surface area (Å²) in [5, 5.41) is 22.5. The molecule has 11 heteroatoms. The van der Waals surface area contributed by atoms with Gasteiger partial charge < -0.3 is 31.5 Å². The SMILES string of the molecule is CC(NC(=O)CN)C(=O)N1CCCC1C(=O)NC(CCC(=O)O)C(=O)O. The van der Waals surface area contributed by atoms with E-state index in [9.17, 15) is 24.0 Å². The second kappa shape index (κ2) is 9.70. The molecule has 1 rings (SSSR count). The van der Waals surface area contributed by atoms with E-state index in [4.69, 9.17) is 15.9 Å². The number of hydrogen-bond donors (Lipinski definition) is 5. The summed E-state index contributed by atoms with van der Waals surface area (Å²) >= 11 is 0. The van der Waals surface area contributed by atoms with E-state index in [1.165, 1.54) is 11.8 Å². The molecule has 0 aliphatic carbocycles. The van der Waals surface area contributed by atoms with Crippen molar-refractivity contribution in [3.63, 3.8) is 0 Å². The number of carboxylic acid groups (broad SMARTS) is 2. The van der Waals surface area contributed by atoms with Crippen LogP contribution in [-0.4, -0.2) is 76.0 Å². The van der Waals surface area contributed by atoms with E-state index in [0.29, 0.717) is 19.4 Å². The Kier molecular flexibility index (Phi) is 7.97. The number of carbonyl (C=O) groups excluding carboxylic acids is 3. The average molecular weight is 372 g/mol. The van der Waals surface area contributed by atoms with E-state index in [1.807, 2.05) is 0 Å². The van der Waals surface area contributed by atoms with Crippen LogP contribution in [0.25, 0.3) is 0 Å². The second-order valence-electron chi connectivity index (χ2n) is 6.01. The number of nitrogens with one attached hydrogen (secondary N) is 2. The third-order valence-corrected chi connectivity index (χ3v) is 4.03. The van der Waals surface area contributed by atoms with Crippen LogP contribution in [-0.2, 0) is 24.0 Å². The quantitative estimate of drug-likeness (QED) is 0.304. The van der Waals surface area contributed by atoms with Gasteiger partial charge in [-0.1, -0.05) is 0 Å². The van der Waals surface area contributed by atoms with Crippen LogP contribution in [0.2, 0.25) is 0 Å². The Labute approximate surface area is 149 Å². The lowest BCUT2D eigenvalue weighted by Crippen LogP contribution is -2.55. The van der Waals surface area contributed by atoms with Gasteiger partial charge in [0.25, 0.3) is 0 Å². The van der Waals surface area contributed by atoms with E-state index in [0.717, 1.165) is 0 Å². The molecule has 1 fully saturated rings. The summed E-state index contributed by atoms with van der Waals surface area (Å²) in [4.78, 5) is 59.2. The molecule has 0 saturated carbocycles. The minimum Gasteiger partial charge on any atom is -0.481 e. The smallest absolute Gasteiger partial charge is 0.326 e. The Morgan fingerprint density at radius 3 is 2.38 bits per heavy atom. The summed E-state index contributed by atoms with van der Waals surface area (Å²) < 4.78 is 0. The highest BCUT2D eigenvalue weighted by Crippen LogP contribution is 2.19. The van der Waals surface area contributed by atoms with Crippen LogP contribution in [0.1, 0.15) is 32.6 Å². The highest BCUT2D eigenvalue weighted by Gasteiger charge is 2.37. The van der Waals surface area contributed by atoms with Gasteiger partial charge in [-0.15, -0.1) is 0 Å². The summed E-state index contributed by atoms with van der Waals surface area (Å²) in [6.07, 6.45) is 0.224. The molecule has 1 aliphatic rings. The van der Waals surface area contributed by atoms with Crippen LogP contribution in [0.4, 0.5) is 0 Å². The van der Waals surface area contributed by atoms with Gasteiger partial charge in [-0.3, -0.25) is 19.2 Å². The maximum Gasteiger partial charge on any atom is 0.326 e. The summed E-state index contributed by atoms with van der Waals surface area (Å²) in [7, 11) is 0. The van der Waals surface area contributed by atoms with Crippen LogP contribution in [0.15, 0.2) is 0 Å². The molecule has 0 spiro atoms. The highest BCUT2D eigenvalue weighted by atomic mass is 16.4. The largest absolute Gasteiger partial charge is 0.481 e. The molecule has 0 aromatic rings. The zero-order valence-electron chi connectivity index (χ0n) is 14.4. The molecule has 1 heterocycles. The number of amides is 3. The lowest BCUT2D eigenvalue weighted by atomic mass is 10.1. The molecular weight excluding hydrogens is 348 g/mol. The molecule has 3 amide bonds. The van der Waals surface area contributed by atoms with Crippen LogP contribution in [0.5, 0.6) is 0 Å². The van der Waals surface area contributed by atoms with Crippen molar-refractivity contribution in [2.75, 3.05) is 13.1 Å². The Hall–Kier alpha value is -2.69. The fraction of sp³-hybridized carbons (Fsp3) is 0.667. The average Bonchev–Trinajstić information content (AvgIpc) is 3.06. The molecule has 26 heavy (non-hydrogen) atoms. The number of aliphatic carboxylic acids is 2. The van der Waals surface area contributed by atoms with Gasteiger partial charge in [0.05, 0.1) is 6.54 Å². The van der Waals surface area contributed by atoms with Gasteiger partial charge in [-0.25, -0.2) is 4.79 Å². The van der Waals surface area contributed by atoms with E-state index >= 15 is 0 Å². The zero-order valence-corrected chi connectivity index (χ0v) is 14.4. The van der Waals surface area contributed by atoms with E-state index in [-0.39, 0.29) is 13.0 Å². The van der Waals surface area contributed by atoms with Crippen molar-refractivity contribution in [2.45, 2.75) is 50.7 Å². The number of carboxylic acids is 2. The summed E-state index contributed by atoms with van der Waals surface area (Å²) in [6.45, 7) is 1.49. The van der Waals surface area contributed by atoms with Gasteiger partial charge in [0.15, 0.2) is 0 Å². The summed E-state index contributed by atoms with van der Waals surface area (Å²) in [6, 6.07) is -3.10. The van der Waals surface area contributed by atoms with Crippen molar-refractivity contribution in [1.82, 2.24) is 15.5 Å². The number of hydrogen-bond acceptors (Lipinski definition) is 6. The van der Waals surface area contributed by atoms with Crippen molar-refractivity contribution in [1.29, 1.82) is 0 Å². The predicted molar refractivity (Wildman–Crippen MR) is 87.8 cm³/mol. The van der Waals surface area contributed by atoms with Crippen LogP contribution < -0.4 is 16.4 Å². The first-order valence-electron chi connectivity index (χ1n) is 8.22. The van der Waals surface area contributed by atoms with Gasteiger partial charge >= 0.3 is 11.9 Å². The Bertz CT molecular complexity index is 580. The van der Waals surface area contributed by atoms with Gasteiger partial charge in [-0.2, -0.15) is 0 Å². The van der Waals surface area contributed by atoms with Crippen LogP contribution in [0.3, 0.4) is 0 Å². The van der Waals surface area contributed by atoms with E-state index in [1.54, 1.807) is 0 Å². The standard InChI is InChI=1S/C15H24N4O7/c1-8(17-11(20)7-16)14(24)19-6-2-3-10(19)13(23)18-9(15(25)26)4-5-12(21)22/h8-10H,2-7,16H2,1H3,(H,17,20)(H,18,23)(H,21,22)(H,25,26). The first kappa shape index (κ1) is 21.4. The number of carbonyl (C=O) groups is 5. The Balaban J connectivity index is 2.74. The van der Waals surface area contributed by atoms with Crippen molar-refractivity contribution < 1.29 is 34.2 Å². The zero-order chi connectivity index (χ0) is 19.9. The monoisotopic (exact) mass is 372 g/mol. The van der Waals surface area contributed by atoms with Gasteiger partial charge in [-0.05, 0) is 26.2 Å². The number of nitrogens with zero attached hydrogens (tertiary/aromatic N) is 1. The van der Waals surface area contributed by atoms with Gasteiger partial charge in [0.1, 0.15) is 18.1 Å². The van der Waals surface area contributed by atoms with Crippen molar-refractivity contribution >= 4 is 29.7 Å². The number of rotatable bonds is 9. The maximum absolute atomic E-state index is 12.4. The Morgan fingerprint density at radius 2 is 1.85 bits per heavy atom. The molecule has 0 aromatic carbocycles. The normalized spacial score (nSPS) is 18.7. The lowest BCUT2D eigenvalue weighted by Gasteiger charge is -2.28. The van der Waals surface area contributed by atoms with Crippen LogP contribution >= 0.6 is 0 Å². The number of likely N-dealkylation sites (tertiary alicyclic amines) is 1. The minimum absolute atomic E-state index is 0.264. The molecule has 6 N–H and O–H groups in total. The fourth-order valence-electron chi connectivity index (χ4n) is 2.71. The summed E-state index contributed by atoms with van der Waals surface area (Å²) in [5.41, 5.74) is 5.18. The fourth-order valence-corrected chi connectivity index (χ4v) is 2.71. The molecule has 3 atom stereocenters. The molecule has 0 aromatic heterocycles. The predicted octanol–water partition coefficient (Wildman–Crippen LogP) is -2.12. The molecule has 146 valence electrons. The topological polar surface area (TPSA) is 179 Å². The van der Waals surface area contributed by atoms with Crippen molar-refractivity contribution in [2.24, 2.45) is 5.73 Å².